The molecule has 1 unspecified atom stereocenters. The predicted octanol–water partition coefficient (Wildman–Crippen LogP) is 3.32. The summed E-state index contributed by atoms with van der Waals surface area (Å²) in [7, 11) is 0. The predicted molar refractivity (Wildman–Crippen MR) is 65.0 cm³/mol. The van der Waals surface area contributed by atoms with Crippen LogP contribution in [0.15, 0.2) is 35.8 Å². The van der Waals surface area contributed by atoms with Gasteiger partial charge in [-0.15, -0.1) is 11.3 Å². The maximum absolute atomic E-state index is 3.55. The highest BCUT2D eigenvalue weighted by atomic mass is 32.1. The Morgan fingerprint density at radius 3 is 2.93 bits per heavy atom. The van der Waals surface area contributed by atoms with Crippen molar-refractivity contribution in [2.24, 2.45) is 0 Å². The summed E-state index contributed by atoms with van der Waals surface area (Å²) in [5.74, 6) is 0. The molecule has 0 amide bonds. The minimum Gasteiger partial charge on any atom is -0.364 e. The molecule has 80 valence electrons. The molecule has 0 saturated carbocycles. The lowest BCUT2D eigenvalue weighted by Gasteiger charge is -2.14. The van der Waals surface area contributed by atoms with Crippen molar-refractivity contribution in [3.63, 3.8) is 0 Å². The summed E-state index contributed by atoms with van der Waals surface area (Å²) in [6.45, 7) is 3.12. The van der Waals surface area contributed by atoms with Crippen molar-refractivity contribution in [3.8, 4) is 0 Å². The topological polar surface area (TPSA) is 27.8 Å². The first-order valence-electron chi connectivity index (χ1n) is 5.29. The lowest BCUT2D eigenvalue weighted by Crippen LogP contribution is -2.19. The van der Waals surface area contributed by atoms with Gasteiger partial charge in [-0.05, 0) is 30.0 Å². The van der Waals surface area contributed by atoms with Gasteiger partial charge < -0.3 is 10.3 Å². The average Bonchev–Trinajstić information content (AvgIpc) is 2.90. The van der Waals surface area contributed by atoms with Crippen LogP contribution in [0.1, 0.15) is 30.0 Å². The molecular weight excluding hydrogens is 204 g/mol. The number of rotatable bonds is 5. The highest BCUT2D eigenvalue weighted by molar-refractivity contribution is 7.10. The minimum absolute atomic E-state index is 0.480. The van der Waals surface area contributed by atoms with E-state index < -0.39 is 0 Å². The van der Waals surface area contributed by atoms with Crippen molar-refractivity contribution < 1.29 is 0 Å². The van der Waals surface area contributed by atoms with Crippen LogP contribution in [-0.2, 0) is 6.54 Å². The molecule has 0 aliphatic heterocycles. The fourth-order valence-corrected chi connectivity index (χ4v) is 2.53. The molecule has 1 atom stereocenters. The van der Waals surface area contributed by atoms with Gasteiger partial charge in [-0.25, -0.2) is 0 Å². The van der Waals surface area contributed by atoms with Crippen LogP contribution in [0.3, 0.4) is 0 Å². The Bertz CT molecular complexity index is 364. The maximum Gasteiger partial charge on any atom is 0.0415 e. The molecule has 2 aromatic heterocycles. The Kier molecular flexibility index (Phi) is 3.59. The van der Waals surface area contributed by atoms with E-state index in [9.17, 15) is 0 Å². The Balaban J connectivity index is 1.92. The zero-order valence-corrected chi connectivity index (χ0v) is 9.68. The molecule has 2 N–H and O–H groups in total. The number of H-pyrrole nitrogens is 1. The largest absolute Gasteiger partial charge is 0.364 e. The second-order valence-electron chi connectivity index (χ2n) is 3.55. The smallest absolute Gasteiger partial charge is 0.0415 e. The van der Waals surface area contributed by atoms with Gasteiger partial charge in [0.15, 0.2) is 0 Å². The van der Waals surface area contributed by atoms with Crippen LogP contribution < -0.4 is 5.32 Å². The van der Waals surface area contributed by atoms with Gasteiger partial charge in [0.05, 0.1) is 0 Å². The second-order valence-corrected chi connectivity index (χ2v) is 4.53. The molecule has 2 heterocycles. The summed E-state index contributed by atoms with van der Waals surface area (Å²) in [5.41, 5.74) is 1.24. The summed E-state index contributed by atoms with van der Waals surface area (Å²) in [4.78, 5) is 4.62. The van der Waals surface area contributed by atoms with Crippen LogP contribution in [-0.4, -0.2) is 4.98 Å². The maximum atomic E-state index is 3.55. The number of hydrogen-bond acceptors (Lipinski definition) is 2. The summed E-state index contributed by atoms with van der Waals surface area (Å²) in [5, 5.41) is 5.69. The number of thiophene rings is 1. The third kappa shape index (κ3) is 2.70. The standard InChI is InChI=1S/C12H16N2S/c1-2-11(12-6-4-8-15-12)14-9-10-5-3-7-13-10/h3-8,11,13-14H,2,9H2,1H3. The molecule has 3 heteroatoms. The number of nitrogens with one attached hydrogen (secondary N) is 2. The monoisotopic (exact) mass is 220 g/mol. The summed E-state index contributed by atoms with van der Waals surface area (Å²) in [6, 6.07) is 8.92. The van der Waals surface area contributed by atoms with Gasteiger partial charge in [-0.3, -0.25) is 0 Å². The minimum atomic E-state index is 0.480. The molecule has 0 bridgehead atoms. The van der Waals surface area contributed by atoms with Gasteiger partial charge in [0, 0.05) is 29.4 Å². The fraction of sp³-hybridized carbons (Fsp3) is 0.333. The van der Waals surface area contributed by atoms with Crippen LogP contribution in [0.5, 0.6) is 0 Å². The molecule has 0 saturated heterocycles. The van der Waals surface area contributed by atoms with E-state index in [4.69, 9.17) is 0 Å². The van der Waals surface area contributed by atoms with Crippen LogP contribution in [0.25, 0.3) is 0 Å². The number of aromatic amines is 1. The van der Waals surface area contributed by atoms with Crippen molar-refractivity contribution in [1.82, 2.24) is 10.3 Å². The molecule has 2 aromatic rings. The molecule has 0 aliphatic rings. The molecule has 2 rings (SSSR count). The number of hydrogen-bond donors (Lipinski definition) is 2. The first-order chi connectivity index (χ1) is 7.40. The summed E-state index contributed by atoms with van der Waals surface area (Å²) in [6.07, 6.45) is 3.09. The van der Waals surface area contributed by atoms with Gasteiger partial charge in [-0.1, -0.05) is 13.0 Å². The van der Waals surface area contributed by atoms with Crippen LogP contribution in [0.2, 0.25) is 0 Å². The molecule has 0 radical (unpaired) electrons. The normalized spacial score (nSPS) is 12.9. The van der Waals surface area contributed by atoms with E-state index in [2.05, 4.69) is 40.8 Å². The molecule has 15 heavy (non-hydrogen) atoms. The van der Waals surface area contributed by atoms with Crippen LogP contribution >= 0.6 is 11.3 Å². The molecule has 0 fully saturated rings. The van der Waals surface area contributed by atoms with Gasteiger partial charge in [0.25, 0.3) is 0 Å². The molecule has 0 spiro atoms. The second kappa shape index (κ2) is 5.14. The summed E-state index contributed by atoms with van der Waals surface area (Å²) >= 11 is 1.82. The van der Waals surface area contributed by atoms with Crippen molar-refractivity contribution in [2.45, 2.75) is 25.9 Å². The van der Waals surface area contributed by atoms with Crippen molar-refractivity contribution in [2.75, 3.05) is 0 Å². The zero-order valence-electron chi connectivity index (χ0n) is 8.86. The van der Waals surface area contributed by atoms with Gasteiger partial charge in [0.2, 0.25) is 0 Å². The third-order valence-electron chi connectivity index (χ3n) is 2.50. The number of aromatic nitrogens is 1. The van der Waals surface area contributed by atoms with Crippen molar-refractivity contribution >= 4 is 11.3 Å². The van der Waals surface area contributed by atoms with Gasteiger partial charge in [0.1, 0.15) is 0 Å². The quantitative estimate of drug-likeness (QED) is 0.795. The van der Waals surface area contributed by atoms with E-state index in [1.807, 2.05) is 23.6 Å². The Morgan fingerprint density at radius 1 is 1.40 bits per heavy atom. The van der Waals surface area contributed by atoms with Gasteiger partial charge in [-0.2, -0.15) is 0 Å². The van der Waals surface area contributed by atoms with Gasteiger partial charge >= 0.3 is 0 Å². The molecule has 0 aliphatic carbocycles. The van der Waals surface area contributed by atoms with E-state index in [-0.39, 0.29) is 0 Å². The molecule has 2 nitrogen and oxygen atoms in total. The van der Waals surface area contributed by atoms with Crippen LogP contribution in [0, 0.1) is 0 Å². The van der Waals surface area contributed by atoms with Crippen LogP contribution in [0.4, 0.5) is 0 Å². The SMILES string of the molecule is CCC(NCc1ccc[nH]1)c1cccs1. The lowest BCUT2D eigenvalue weighted by atomic mass is 10.2. The Morgan fingerprint density at radius 2 is 2.33 bits per heavy atom. The van der Waals surface area contributed by atoms with Crippen molar-refractivity contribution in [1.29, 1.82) is 0 Å². The molecular formula is C12H16N2S. The Hall–Kier alpha value is -1.06. The third-order valence-corrected chi connectivity index (χ3v) is 3.48. The lowest BCUT2D eigenvalue weighted by molar-refractivity contribution is 0.522. The van der Waals surface area contributed by atoms with E-state index >= 15 is 0 Å². The highest BCUT2D eigenvalue weighted by Crippen LogP contribution is 2.21. The van der Waals surface area contributed by atoms with E-state index in [0.29, 0.717) is 6.04 Å². The average molecular weight is 220 g/mol. The van der Waals surface area contributed by atoms with E-state index in [0.717, 1.165) is 13.0 Å². The summed E-state index contributed by atoms with van der Waals surface area (Å²) < 4.78 is 0. The fourth-order valence-electron chi connectivity index (χ4n) is 1.65. The van der Waals surface area contributed by atoms with E-state index in [1.165, 1.54) is 10.6 Å². The molecule has 0 aromatic carbocycles. The Labute approximate surface area is 94.3 Å². The first kappa shape index (κ1) is 10.5. The first-order valence-corrected chi connectivity index (χ1v) is 6.17. The highest BCUT2D eigenvalue weighted by Gasteiger charge is 2.09. The zero-order chi connectivity index (χ0) is 10.5. The van der Waals surface area contributed by atoms with E-state index in [1.54, 1.807) is 0 Å². The van der Waals surface area contributed by atoms with Crippen molar-refractivity contribution in [3.05, 3.63) is 46.4 Å².